The predicted molar refractivity (Wildman–Crippen MR) is 66.3 cm³/mol. The number of carbonyl (C=O) groups is 1. The Balaban J connectivity index is 2.50. The molecule has 0 aliphatic rings. The summed E-state index contributed by atoms with van der Waals surface area (Å²) in [6.45, 7) is 0. The molecule has 0 bridgehead atoms. The summed E-state index contributed by atoms with van der Waals surface area (Å²) >= 11 is 0. The Morgan fingerprint density at radius 3 is 2.50 bits per heavy atom. The van der Waals surface area contributed by atoms with Crippen molar-refractivity contribution < 1.29 is 19.4 Å². The first-order chi connectivity index (χ1) is 8.65. The second-order valence-corrected chi connectivity index (χ2v) is 3.66. The summed E-state index contributed by atoms with van der Waals surface area (Å²) < 4.78 is 10.4. The molecule has 0 unspecified atom stereocenters. The van der Waals surface area contributed by atoms with Crippen LogP contribution in [0, 0.1) is 0 Å². The molecule has 0 aliphatic carbocycles. The first-order valence-electron chi connectivity index (χ1n) is 5.30. The number of rotatable bonds is 4. The number of hydrogen-bond donors (Lipinski definition) is 2. The third-order valence-corrected chi connectivity index (χ3v) is 2.61. The van der Waals surface area contributed by atoms with Gasteiger partial charge in [-0.3, -0.25) is 0 Å². The van der Waals surface area contributed by atoms with Crippen LogP contribution in [-0.4, -0.2) is 30.3 Å². The number of ether oxygens (including phenoxy) is 2. The van der Waals surface area contributed by atoms with Crippen molar-refractivity contribution in [3.8, 4) is 22.8 Å². The standard InChI is InChI=1S/C13H13NO4/c1-17-8-3-6-12(18-2)9(7-8)10-4-5-11(14-10)13(15)16/h3-7,14H,1-2H3,(H,15,16). The molecule has 0 saturated heterocycles. The Morgan fingerprint density at radius 1 is 1.17 bits per heavy atom. The lowest BCUT2D eigenvalue weighted by molar-refractivity contribution is 0.0691. The van der Waals surface area contributed by atoms with Gasteiger partial charge in [0, 0.05) is 11.3 Å². The van der Waals surface area contributed by atoms with E-state index in [4.69, 9.17) is 14.6 Å². The van der Waals surface area contributed by atoms with E-state index in [2.05, 4.69) is 4.98 Å². The summed E-state index contributed by atoms with van der Waals surface area (Å²) in [4.78, 5) is 13.7. The van der Waals surface area contributed by atoms with Gasteiger partial charge in [0.2, 0.25) is 0 Å². The van der Waals surface area contributed by atoms with E-state index in [1.165, 1.54) is 6.07 Å². The summed E-state index contributed by atoms with van der Waals surface area (Å²) in [6.07, 6.45) is 0. The van der Waals surface area contributed by atoms with Crippen LogP contribution in [0.3, 0.4) is 0 Å². The Hall–Kier alpha value is -2.43. The Kier molecular flexibility index (Phi) is 3.23. The quantitative estimate of drug-likeness (QED) is 0.870. The van der Waals surface area contributed by atoms with Gasteiger partial charge in [-0.05, 0) is 30.3 Å². The number of aromatic carboxylic acids is 1. The zero-order valence-corrected chi connectivity index (χ0v) is 10.1. The van der Waals surface area contributed by atoms with Crippen molar-refractivity contribution in [1.29, 1.82) is 0 Å². The number of carboxylic acid groups (broad SMARTS) is 1. The van der Waals surface area contributed by atoms with Gasteiger partial charge in [0.1, 0.15) is 17.2 Å². The molecule has 1 heterocycles. The van der Waals surface area contributed by atoms with E-state index in [0.29, 0.717) is 17.2 Å². The van der Waals surface area contributed by atoms with E-state index in [1.807, 2.05) is 0 Å². The number of carboxylic acids is 1. The highest BCUT2D eigenvalue weighted by Gasteiger charge is 2.12. The Bertz CT molecular complexity index is 574. The molecule has 0 saturated carbocycles. The van der Waals surface area contributed by atoms with Crippen molar-refractivity contribution in [2.45, 2.75) is 0 Å². The van der Waals surface area contributed by atoms with Crippen LogP contribution >= 0.6 is 0 Å². The minimum absolute atomic E-state index is 0.134. The fourth-order valence-electron chi connectivity index (χ4n) is 1.70. The number of nitrogens with one attached hydrogen (secondary N) is 1. The minimum Gasteiger partial charge on any atom is -0.497 e. The van der Waals surface area contributed by atoms with Gasteiger partial charge >= 0.3 is 5.97 Å². The van der Waals surface area contributed by atoms with Crippen molar-refractivity contribution in [1.82, 2.24) is 4.98 Å². The number of benzene rings is 1. The molecule has 2 aromatic rings. The molecule has 5 heteroatoms. The van der Waals surface area contributed by atoms with Crippen LogP contribution in [0.2, 0.25) is 0 Å². The summed E-state index contributed by atoms with van der Waals surface area (Å²) in [5.74, 6) is 0.329. The lowest BCUT2D eigenvalue weighted by Gasteiger charge is -2.09. The smallest absolute Gasteiger partial charge is 0.352 e. The number of aromatic amines is 1. The van der Waals surface area contributed by atoms with E-state index in [9.17, 15) is 4.79 Å². The molecule has 1 aromatic carbocycles. The summed E-state index contributed by atoms with van der Waals surface area (Å²) in [5, 5.41) is 8.89. The summed E-state index contributed by atoms with van der Waals surface area (Å²) in [7, 11) is 3.13. The zero-order valence-electron chi connectivity index (χ0n) is 10.1. The molecule has 18 heavy (non-hydrogen) atoms. The second kappa shape index (κ2) is 4.83. The highest BCUT2D eigenvalue weighted by molar-refractivity contribution is 5.87. The van der Waals surface area contributed by atoms with Crippen molar-refractivity contribution in [3.63, 3.8) is 0 Å². The number of hydrogen-bond acceptors (Lipinski definition) is 3. The Morgan fingerprint density at radius 2 is 1.94 bits per heavy atom. The molecular formula is C13H13NO4. The lowest BCUT2D eigenvalue weighted by Crippen LogP contribution is -1.96. The van der Waals surface area contributed by atoms with E-state index < -0.39 is 5.97 Å². The summed E-state index contributed by atoms with van der Waals surface area (Å²) in [5.41, 5.74) is 1.56. The third kappa shape index (κ3) is 2.15. The molecule has 5 nitrogen and oxygen atoms in total. The van der Waals surface area contributed by atoms with Crippen molar-refractivity contribution in [2.75, 3.05) is 14.2 Å². The van der Waals surface area contributed by atoms with Gasteiger partial charge in [-0.15, -0.1) is 0 Å². The second-order valence-electron chi connectivity index (χ2n) is 3.66. The fraction of sp³-hybridized carbons (Fsp3) is 0.154. The van der Waals surface area contributed by atoms with Gasteiger partial charge in [0.15, 0.2) is 0 Å². The average molecular weight is 247 g/mol. The maximum Gasteiger partial charge on any atom is 0.352 e. The molecule has 0 spiro atoms. The van der Waals surface area contributed by atoms with E-state index >= 15 is 0 Å². The van der Waals surface area contributed by atoms with Crippen molar-refractivity contribution in [2.24, 2.45) is 0 Å². The van der Waals surface area contributed by atoms with Gasteiger partial charge in [-0.1, -0.05) is 0 Å². The van der Waals surface area contributed by atoms with Crippen LogP contribution in [0.4, 0.5) is 0 Å². The van der Waals surface area contributed by atoms with Crippen LogP contribution in [0.5, 0.6) is 11.5 Å². The van der Waals surface area contributed by atoms with E-state index in [0.717, 1.165) is 5.56 Å². The maximum absolute atomic E-state index is 10.8. The normalized spacial score (nSPS) is 10.1. The van der Waals surface area contributed by atoms with Gasteiger partial charge in [0.05, 0.1) is 14.2 Å². The number of methoxy groups -OCH3 is 2. The average Bonchev–Trinajstić information content (AvgIpc) is 2.87. The van der Waals surface area contributed by atoms with Gasteiger partial charge in [-0.2, -0.15) is 0 Å². The van der Waals surface area contributed by atoms with Crippen LogP contribution < -0.4 is 9.47 Å². The van der Waals surface area contributed by atoms with E-state index in [1.54, 1.807) is 38.5 Å². The molecule has 0 aliphatic heterocycles. The SMILES string of the molecule is COc1ccc(OC)c(-c2ccc(C(=O)O)[nH]2)c1. The molecule has 0 radical (unpaired) electrons. The van der Waals surface area contributed by atoms with Crippen molar-refractivity contribution >= 4 is 5.97 Å². The highest BCUT2D eigenvalue weighted by Crippen LogP contribution is 2.32. The van der Waals surface area contributed by atoms with Crippen LogP contribution in [0.15, 0.2) is 30.3 Å². The molecule has 2 rings (SSSR count). The van der Waals surface area contributed by atoms with Gasteiger partial charge in [-0.25, -0.2) is 4.79 Å². The van der Waals surface area contributed by atoms with E-state index in [-0.39, 0.29) is 5.69 Å². The molecular weight excluding hydrogens is 234 g/mol. The first kappa shape index (κ1) is 12.0. The molecule has 94 valence electrons. The zero-order chi connectivity index (χ0) is 13.1. The lowest BCUT2D eigenvalue weighted by atomic mass is 10.1. The summed E-state index contributed by atoms with van der Waals surface area (Å²) in [6, 6.07) is 8.55. The molecule has 2 N–H and O–H groups in total. The fourth-order valence-corrected chi connectivity index (χ4v) is 1.70. The topological polar surface area (TPSA) is 71.6 Å². The highest BCUT2D eigenvalue weighted by atomic mass is 16.5. The largest absolute Gasteiger partial charge is 0.497 e. The van der Waals surface area contributed by atoms with Gasteiger partial charge in [0.25, 0.3) is 0 Å². The van der Waals surface area contributed by atoms with Crippen molar-refractivity contribution in [3.05, 3.63) is 36.0 Å². The Labute approximate surface area is 104 Å². The third-order valence-electron chi connectivity index (χ3n) is 2.61. The van der Waals surface area contributed by atoms with Crippen LogP contribution in [0.1, 0.15) is 10.5 Å². The van der Waals surface area contributed by atoms with Crippen LogP contribution in [-0.2, 0) is 0 Å². The molecule has 0 fully saturated rings. The monoisotopic (exact) mass is 247 g/mol. The minimum atomic E-state index is -0.997. The maximum atomic E-state index is 10.8. The molecule has 1 aromatic heterocycles. The first-order valence-corrected chi connectivity index (χ1v) is 5.30. The number of H-pyrrole nitrogens is 1. The molecule has 0 atom stereocenters. The number of aromatic nitrogens is 1. The molecule has 0 amide bonds. The van der Waals surface area contributed by atoms with Gasteiger partial charge < -0.3 is 19.6 Å². The van der Waals surface area contributed by atoms with Crippen LogP contribution in [0.25, 0.3) is 11.3 Å². The predicted octanol–water partition coefficient (Wildman–Crippen LogP) is 2.40.